The van der Waals surface area contributed by atoms with Crippen LogP contribution in [0, 0.1) is 12.1 Å². The number of anilines is 3. The van der Waals surface area contributed by atoms with Gasteiger partial charge in [0.1, 0.15) is 11.4 Å². The molecular weight excluding hydrogens is 679 g/mol. The van der Waals surface area contributed by atoms with Crippen molar-refractivity contribution in [2.75, 3.05) is 4.90 Å². The number of aryl methyl sites for hydroxylation is 1. The molecule has 6 nitrogen and oxygen atoms in total. The largest absolute Gasteiger partial charge is 2.00 e. The van der Waals surface area contributed by atoms with Crippen LogP contribution >= 0.6 is 0 Å². The van der Waals surface area contributed by atoms with Crippen LogP contribution < -0.4 is 9.64 Å². The number of para-hydroxylation sites is 2. The van der Waals surface area contributed by atoms with Gasteiger partial charge in [0, 0.05) is 53.8 Å². The number of imidazole rings is 1. The van der Waals surface area contributed by atoms with Gasteiger partial charge in [-0.15, -0.1) is 35.9 Å². The molecule has 0 aliphatic heterocycles. The minimum atomic E-state index is 0. The summed E-state index contributed by atoms with van der Waals surface area (Å²) in [6.07, 6.45) is 5.45. The molecule has 7 aromatic rings. The van der Waals surface area contributed by atoms with E-state index in [1.165, 1.54) is 0 Å². The number of furan rings is 1. The molecule has 0 spiro atoms. The van der Waals surface area contributed by atoms with Crippen molar-refractivity contribution in [2.45, 2.75) is 0 Å². The van der Waals surface area contributed by atoms with E-state index in [2.05, 4.69) is 28.2 Å². The fourth-order valence-electron chi connectivity index (χ4n) is 4.76. The number of nitrogens with zero attached hydrogens (tertiary/aromatic N) is 4. The second-order valence-electron chi connectivity index (χ2n) is 9.07. The van der Waals surface area contributed by atoms with E-state index >= 15 is 0 Å². The molecule has 3 heterocycles. The Morgan fingerprint density at radius 1 is 0.775 bits per heavy atom. The van der Waals surface area contributed by atoms with Gasteiger partial charge < -0.3 is 18.6 Å². The summed E-state index contributed by atoms with van der Waals surface area (Å²) in [7, 11) is 1.96. The summed E-state index contributed by atoms with van der Waals surface area (Å²) in [4.78, 5) is 11.1. The minimum Gasteiger partial charge on any atom is -0.513 e. The van der Waals surface area contributed by atoms with Gasteiger partial charge in [0.2, 0.25) is 0 Å². The average Bonchev–Trinajstić information content (AvgIpc) is 3.58. The first-order valence-electron chi connectivity index (χ1n) is 12.6. The fraction of sp³-hybridized carbons (Fsp3) is 0.0303. The average molecular weight is 702 g/mol. The summed E-state index contributed by atoms with van der Waals surface area (Å²) in [5.74, 6) is 2.65. The molecule has 0 amide bonds. The van der Waals surface area contributed by atoms with Crippen LogP contribution in [-0.2, 0) is 28.1 Å². The van der Waals surface area contributed by atoms with Gasteiger partial charge in [0.15, 0.2) is 0 Å². The van der Waals surface area contributed by atoms with E-state index in [1.54, 1.807) is 12.4 Å². The zero-order valence-corrected chi connectivity index (χ0v) is 23.7. The van der Waals surface area contributed by atoms with E-state index < -0.39 is 0 Å². The Labute approximate surface area is 245 Å². The molecule has 0 unspecified atom stereocenters. The van der Waals surface area contributed by atoms with Crippen molar-refractivity contribution in [3.8, 4) is 22.9 Å². The quantitative estimate of drug-likeness (QED) is 0.164. The Hall–Kier alpha value is -4.67. The van der Waals surface area contributed by atoms with Crippen molar-refractivity contribution < 1.29 is 30.2 Å². The van der Waals surface area contributed by atoms with Crippen molar-refractivity contribution in [1.29, 1.82) is 0 Å². The Morgan fingerprint density at radius 2 is 1.60 bits per heavy atom. The summed E-state index contributed by atoms with van der Waals surface area (Å²) in [5, 5.41) is 1.92. The number of ether oxygens (including phenoxy) is 1. The number of hydrogen-bond donors (Lipinski definition) is 0. The molecule has 7 heteroatoms. The molecule has 0 saturated carbocycles. The molecule has 0 radical (unpaired) electrons. The fourth-order valence-corrected chi connectivity index (χ4v) is 4.76. The topological polar surface area (TPSA) is 56.3 Å². The number of rotatable bonds is 6. The van der Waals surface area contributed by atoms with E-state index in [4.69, 9.17) is 9.15 Å². The summed E-state index contributed by atoms with van der Waals surface area (Å²) in [6, 6.07) is 38.5. The van der Waals surface area contributed by atoms with Gasteiger partial charge in [-0.25, -0.2) is 4.98 Å². The van der Waals surface area contributed by atoms with E-state index in [1.807, 2.05) is 114 Å². The molecule has 0 aliphatic carbocycles. The maximum atomic E-state index is 6.42. The van der Waals surface area contributed by atoms with Crippen molar-refractivity contribution in [1.82, 2.24) is 14.5 Å². The third-order valence-electron chi connectivity index (χ3n) is 6.53. The van der Waals surface area contributed by atoms with E-state index in [0.29, 0.717) is 22.8 Å². The molecule has 0 bridgehead atoms. The van der Waals surface area contributed by atoms with Crippen LogP contribution in [0.25, 0.3) is 33.3 Å². The smallest absolute Gasteiger partial charge is 0.513 e. The first-order chi connectivity index (χ1) is 19.2. The molecule has 40 heavy (non-hydrogen) atoms. The Bertz CT molecular complexity index is 1880. The monoisotopic (exact) mass is 701 g/mol. The summed E-state index contributed by atoms with van der Waals surface area (Å²) in [6.45, 7) is 0. The van der Waals surface area contributed by atoms with Gasteiger partial charge in [0.05, 0.1) is 5.82 Å². The summed E-state index contributed by atoms with van der Waals surface area (Å²) in [5.41, 5.74) is 3.95. The number of aromatic nitrogens is 3. The zero-order valence-electron chi connectivity index (χ0n) is 21.4. The second kappa shape index (κ2) is 10.8. The summed E-state index contributed by atoms with van der Waals surface area (Å²) < 4.78 is 14.8. The van der Waals surface area contributed by atoms with E-state index in [0.717, 1.165) is 39.2 Å². The van der Waals surface area contributed by atoms with Crippen LogP contribution in [0.5, 0.6) is 11.5 Å². The predicted molar refractivity (Wildman–Crippen MR) is 153 cm³/mol. The third kappa shape index (κ3) is 4.67. The maximum absolute atomic E-state index is 6.42. The molecular formula is C33H22N4O2Pt. The molecule has 0 aliphatic rings. The summed E-state index contributed by atoms with van der Waals surface area (Å²) >= 11 is 0. The molecule has 4 aromatic carbocycles. The SMILES string of the molecule is Cn1ccnc1-c1[c-]c(Oc2[c-]c(N(c3ccccc3)c3ccccn3)c3oc4ccccc4c3c2)ccc1.[Pt+2]. The zero-order chi connectivity index (χ0) is 26.2. The van der Waals surface area contributed by atoms with Crippen LogP contribution in [0.2, 0.25) is 0 Å². The standard InChI is InChI=1S/C33H22N4O2.Pt/c1-36-19-18-35-33(36)23-10-9-13-25(20-23)38-26-21-28-27-14-5-6-15-30(27)39-32(28)29(22-26)37(24-11-3-2-4-12-24)31-16-7-8-17-34-31;/h2-19,21H,1H3;/q-2;+2. The van der Waals surface area contributed by atoms with Gasteiger partial charge >= 0.3 is 21.1 Å². The first-order valence-corrected chi connectivity index (χ1v) is 12.6. The number of hydrogen-bond acceptors (Lipinski definition) is 5. The second-order valence-corrected chi connectivity index (χ2v) is 9.07. The van der Waals surface area contributed by atoms with Crippen LogP contribution in [0.1, 0.15) is 0 Å². The van der Waals surface area contributed by atoms with Crippen molar-refractivity contribution in [3.05, 3.63) is 128 Å². The molecule has 0 atom stereocenters. The van der Waals surface area contributed by atoms with E-state index in [-0.39, 0.29) is 21.1 Å². The van der Waals surface area contributed by atoms with Gasteiger partial charge in [0.25, 0.3) is 0 Å². The van der Waals surface area contributed by atoms with Crippen molar-refractivity contribution in [3.63, 3.8) is 0 Å². The van der Waals surface area contributed by atoms with Crippen molar-refractivity contribution in [2.24, 2.45) is 7.05 Å². The van der Waals surface area contributed by atoms with Crippen LogP contribution in [0.4, 0.5) is 17.2 Å². The number of pyridine rings is 1. The molecule has 196 valence electrons. The van der Waals surface area contributed by atoms with E-state index in [9.17, 15) is 0 Å². The van der Waals surface area contributed by atoms with Crippen LogP contribution in [0.3, 0.4) is 0 Å². The third-order valence-corrected chi connectivity index (χ3v) is 6.53. The number of benzene rings is 4. The van der Waals surface area contributed by atoms with Crippen LogP contribution in [0.15, 0.2) is 120 Å². The Kier molecular flexibility index (Phi) is 6.93. The van der Waals surface area contributed by atoms with Gasteiger partial charge in [-0.2, -0.15) is 0 Å². The van der Waals surface area contributed by atoms with Gasteiger partial charge in [-0.3, -0.25) is 4.98 Å². The molecule has 3 aromatic heterocycles. The first kappa shape index (κ1) is 25.6. The number of fused-ring (bicyclic) bond motifs is 3. The Morgan fingerprint density at radius 3 is 2.40 bits per heavy atom. The Balaban J connectivity index is 0.00000289. The maximum Gasteiger partial charge on any atom is 2.00 e. The van der Waals surface area contributed by atoms with Crippen LogP contribution in [-0.4, -0.2) is 14.5 Å². The normalized spacial score (nSPS) is 10.9. The molecule has 0 N–H and O–H groups in total. The van der Waals surface area contributed by atoms with Gasteiger partial charge in [-0.05, 0) is 36.0 Å². The minimum absolute atomic E-state index is 0. The molecule has 0 saturated heterocycles. The van der Waals surface area contributed by atoms with Crippen molar-refractivity contribution >= 4 is 39.1 Å². The predicted octanol–water partition coefficient (Wildman–Crippen LogP) is 8.24. The molecule has 7 rings (SSSR count). The van der Waals surface area contributed by atoms with Gasteiger partial charge in [-0.1, -0.05) is 53.9 Å². The molecule has 0 fully saturated rings.